The Morgan fingerprint density at radius 1 is 1.43 bits per heavy atom. The van der Waals surface area contributed by atoms with Gasteiger partial charge in [0.05, 0.1) is 11.3 Å². The molecule has 4 nitrogen and oxygen atoms in total. The van der Waals surface area contributed by atoms with Crippen molar-refractivity contribution >= 4 is 23.2 Å². The zero-order chi connectivity index (χ0) is 15.6. The van der Waals surface area contributed by atoms with Gasteiger partial charge in [0.1, 0.15) is 0 Å². The van der Waals surface area contributed by atoms with E-state index in [2.05, 4.69) is 26.1 Å². The molecule has 0 bridgehead atoms. The maximum Gasteiger partial charge on any atom is 0.305 e. The minimum Gasteiger partial charge on any atom is -0.481 e. The number of carboxylic acids is 1. The van der Waals surface area contributed by atoms with Crippen LogP contribution in [0.3, 0.4) is 0 Å². The van der Waals surface area contributed by atoms with Crippen LogP contribution in [0, 0.1) is 11.3 Å². The van der Waals surface area contributed by atoms with Crippen LogP contribution in [0.15, 0.2) is 6.07 Å². The molecular weight excluding hydrogens is 286 g/mol. The van der Waals surface area contributed by atoms with E-state index in [0.717, 1.165) is 12.8 Å². The molecule has 0 aromatic carbocycles. The van der Waals surface area contributed by atoms with Gasteiger partial charge < -0.3 is 10.4 Å². The van der Waals surface area contributed by atoms with Gasteiger partial charge in [0.25, 0.3) is 5.91 Å². The molecule has 1 unspecified atom stereocenters. The zero-order valence-corrected chi connectivity index (χ0v) is 13.7. The first-order valence-electron chi connectivity index (χ1n) is 7.39. The molecule has 0 saturated heterocycles. The average Bonchev–Trinajstić information content (AvgIpc) is 2.79. The summed E-state index contributed by atoms with van der Waals surface area (Å²) in [5.74, 6) is -0.390. The summed E-state index contributed by atoms with van der Waals surface area (Å²) in [7, 11) is 0. The lowest BCUT2D eigenvalue weighted by molar-refractivity contribution is -0.136. The lowest BCUT2D eigenvalue weighted by Gasteiger charge is -2.33. The number of thiophene rings is 1. The molecule has 1 atom stereocenters. The summed E-state index contributed by atoms with van der Waals surface area (Å²) < 4.78 is 0. The van der Waals surface area contributed by atoms with E-state index >= 15 is 0 Å². The Labute approximate surface area is 129 Å². The van der Waals surface area contributed by atoms with Gasteiger partial charge in [-0.05, 0) is 42.2 Å². The van der Waals surface area contributed by atoms with Gasteiger partial charge in [-0.1, -0.05) is 20.8 Å². The molecule has 0 radical (unpaired) electrons. The average molecular weight is 309 g/mol. The molecule has 1 heterocycles. The first-order valence-corrected chi connectivity index (χ1v) is 8.20. The Kier molecular flexibility index (Phi) is 4.71. The second-order valence-electron chi connectivity index (χ2n) is 6.76. The highest BCUT2D eigenvalue weighted by atomic mass is 32.1. The van der Waals surface area contributed by atoms with E-state index in [1.165, 1.54) is 16.9 Å². The van der Waals surface area contributed by atoms with Crippen molar-refractivity contribution in [1.82, 2.24) is 5.32 Å². The number of fused-ring (bicyclic) bond motifs is 1. The van der Waals surface area contributed by atoms with Gasteiger partial charge >= 0.3 is 5.97 Å². The molecule has 2 N–H and O–H groups in total. The summed E-state index contributed by atoms with van der Waals surface area (Å²) in [6.07, 6.45) is 3.22. The van der Waals surface area contributed by atoms with Crippen LogP contribution < -0.4 is 5.32 Å². The largest absolute Gasteiger partial charge is 0.481 e. The smallest absolute Gasteiger partial charge is 0.305 e. The summed E-state index contributed by atoms with van der Waals surface area (Å²) in [6.45, 7) is 7.00. The van der Waals surface area contributed by atoms with Crippen molar-refractivity contribution in [2.75, 3.05) is 6.54 Å². The predicted octanol–water partition coefficient (Wildman–Crippen LogP) is 3.10. The van der Waals surface area contributed by atoms with Crippen molar-refractivity contribution in [1.29, 1.82) is 0 Å². The number of hydrogen-bond acceptors (Lipinski definition) is 3. The van der Waals surface area contributed by atoms with E-state index in [1.807, 2.05) is 6.07 Å². The molecule has 1 aliphatic carbocycles. The van der Waals surface area contributed by atoms with Gasteiger partial charge in [-0.25, -0.2) is 0 Å². The van der Waals surface area contributed by atoms with Crippen molar-refractivity contribution < 1.29 is 14.7 Å². The van der Waals surface area contributed by atoms with Crippen LogP contribution in [0.1, 0.15) is 53.7 Å². The highest BCUT2D eigenvalue weighted by Gasteiger charge is 2.30. The molecule has 0 saturated carbocycles. The van der Waals surface area contributed by atoms with E-state index in [4.69, 9.17) is 5.11 Å². The van der Waals surface area contributed by atoms with E-state index in [1.54, 1.807) is 11.3 Å². The van der Waals surface area contributed by atoms with Gasteiger partial charge in [-0.3, -0.25) is 9.59 Å². The van der Waals surface area contributed by atoms with Crippen LogP contribution >= 0.6 is 11.3 Å². The number of nitrogens with one attached hydrogen (secondary N) is 1. The standard InChI is InChI=1S/C16H23NO3S/c1-16(2,3)11-4-5-12-10(8-11)9-13(21-12)15(20)17-7-6-14(18)19/h9,11H,4-8H2,1-3H3,(H,17,20)(H,18,19). The van der Waals surface area contributed by atoms with Crippen LogP contribution in [0.4, 0.5) is 0 Å². The minimum atomic E-state index is -0.895. The van der Waals surface area contributed by atoms with E-state index < -0.39 is 5.97 Å². The van der Waals surface area contributed by atoms with Crippen LogP contribution in [0.25, 0.3) is 0 Å². The highest BCUT2D eigenvalue weighted by molar-refractivity contribution is 7.14. The molecule has 1 aliphatic rings. The Morgan fingerprint density at radius 2 is 2.14 bits per heavy atom. The maximum absolute atomic E-state index is 12.0. The second kappa shape index (κ2) is 6.18. The lowest BCUT2D eigenvalue weighted by atomic mass is 9.72. The number of hydrogen-bond donors (Lipinski definition) is 2. The number of aliphatic carboxylic acids is 1. The van der Waals surface area contributed by atoms with Gasteiger partial charge in [0, 0.05) is 11.4 Å². The molecule has 116 valence electrons. The lowest BCUT2D eigenvalue weighted by Crippen LogP contribution is -2.26. The number of amides is 1. The molecule has 0 spiro atoms. The third kappa shape index (κ3) is 4.06. The van der Waals surface area contributed by atoms with E-state index in [0.29, 0.717) is 16.2 Å². The molecule has 1 aromatic heterocycles. The van der Waals surface area contributed by atoms with E-state index in [9.17, 15) is 9.59 Å². The van der Waals surface area contributed by atoms with E-state index in [-0.39, 0.29) is 18.9 Å². The molecule has 2 rings (SSSR count). The van der Waals surface area contributed by atoms with Crippen LogP contribution in [0.2, 0.25) is 0 Å². The summed E-state index contributed by atoms with van der Waals surface area (Å²) in [6, 6.07) is 1.99. The molecule has 0 fully saturated rings. The second-order valence-corrected chi connectivity index (χ2v) is 7.90. The molecular formula is C16H23NO3S. The zero-order valence-electron chi connectivity index (χ0n) is 12.9. The maximum atomic E-state index is 12.0. The van der Waals surface area contributed by atoms with Gasteiger partial charge in [0.15, 0.2) is 0 Å². The van der Waals surface area contributed by atoms with Crippen LogP contribution in [-0.2, 0) is 17.6 Å². The Morgan fingerprint density at radius 3 is 2.76 bits per heavy atom. The molecule has 21 heavy (non-hydrogen) atoms. The fourth-order valence-electron chi connectivity index (χ4n) is 2.74. The summed E-state index contributed by atoms with van der Waals surface area (Å²) in [5, 5.41) is 11.3. The van der Waals surface area contributed by atoms with Crippen molar-refractivity contribution in [3.63, 3.8) is 0 Å². The quantitative estimate of drug-likeness (QED) is 0.898. The number of carbonyl (C=O) groups is 2. The summed E-state index contributed by atoms with van der Waals surface area (Å²) >= 11 is 1.56. The summed E-state index contributed by atoms with van der Waals surface area (Å²) in [4.78, 5) is 24.5. The van der Waals surface area contributed by atoms with Crippen molar-refractivity contribution in [3.8, 4) is 0 Å². The molecule has 1 aromatic rings. The minimum absolute atomic E-state index is 0.0388. The number of rotatable bonds is 4. The third-order valence-electron chi connectivity index (χ3n) is 4.16. The topological polar surface area (TPSA) is 66.4 Å². The predicted molar refractivity (Wildman–Crippen MR) is 83.9 cm³/mol. The molecule has 1 amide bonds. The van der Waals surface area contributed by atoms with Crippen molar-refractivity contribution in [2.45, 2.75) is 46.5 Å². The highest BCUT2D eigenvalue weighted by Crippen LogP contribution is 2.40. The van der Waals surface area contributed by atoms with Gasteiger partial charge in [0.2, 0.25) is 0 Å². The fourth-order valence-corrected chi connectivity index (χ4v) is 3.87. The first kappa shape index (κ1) is 16.0. The van der Waals surface area contributed by atoms with Crippen LogP contribution in [-0.4, -0.2) is 23.5 Å². The molecule has 0 aliphatic heterocycles. The van der Waals surface area contributed by atoms with Crippen molar-refractivity contribution in [3.05, 3.63) is 21.4 Å². The number of aryl methyl sites for hydroxylation is 1. The number of carbonyl (C=O) groups excluding carboxylic acids is 1. The summed E-state index contributed by atoms with van der Waals surface area (Å²) in [5.41, 5.74) is 1.60. The normalized spacial score (nSPS) is 18.1. The first-order chi connectivity index (χ1) is 9.77. The van der Waals surface area contributed by atoms with Gasteiger partial charge in [-0.15, -0.1) is 11.3 Å². The monoisotopic (exact) mass is 309 g/mol. The number of carboxylic acid groups (broad SMARTS) is 1. The molecule has 5 heteroatoms. The van der Waals surface area contributed by atoms with Crippen molar-refractivity contribution in [2.24, 2.45) is 11.3 Å². The fraction of sp³-hybridized carbons (Fsp3) is 0.625. The Balaban J connectivity index is 2.01. The Hall–Kier alpha value is -1.36. The van der Waals surface area contributed by atoms with Crippen LogP contribution in [0.5, 0.6) is 0 Å². The van der Waals surface area contributed by atoms with Gasteiger partial charge in [-0.2, -0.15) is 0 Å². The third-order valence-corrected chi connectivity index (χ3v) is 5.39. The SMILES string of the molecule is CC(C)(C)C1CCc2sc(C(=O)NCCC(=O)O)cc2C1. The Bertz CT molecular complexity index is 542.